The minimum Gasteiger partial charge on any atom is -0.394 e. The van der Waals surface area contributed by atoms with E-state index in [4.69, 9.17) is 79.1 Å². The van der Waals surface area contributed by atoms with E-state index in [2.05, 4.69) is 58.6 Å². The lowest BCUT2D eigenvalue weighted by Gasteiger charge is -2.40. The summed E-state index contributed by atoms with van der Waals surface area (Å²) in [5, 5.41) is 187. The van der Waals surface area contributed by atoms with Crippen molar-refractivity contribution in [3.63, 3.8) is 0 Å². The van der Waals surface area contributed by atoms with E-state index < -0.39 is 125 Å². The fourth-order valence-corrected chi connectivity index (χ4v) is 7.25. The zero-order valence-corrected chi connectivity index (χ0v) is 52.1. The van der Waals surface area contributed by atoms with Crippen molar-refractivity contribution >= 4 is 0 Å². The van der Waals surface area contributed by atoms with Crippen LogP contribution in [0.25, 0.3) is 0 Å². The minimum atomic E-state index is -1.53. The van der Waals surface area contributed by atoms with Gasteiger partial charge in [0, 0.05) is 6.54 Å². The summed E-state index contributed by atoms with van der Waals surface area (Å²) in [4.78, 5) is 0. The van der Waals surface area contributed by atoms with Gasteiger partial charge in [0.15, 0.2) is 18.8 Å². The third kappa shape index (κ3) is 34.4. The van der Waals surface area contributed by atoms with Crippen LogP contribution in [0.3, 0.4) is 0 Å². The van der Waals surface area contributed by atoms with Gasteiger partial charge in [-0.05, 0) is 73.6 Å². The molecule has 2 aliphatic rings. The monoisotopic (exact) mass is 1270 g/mol. The van der Waals surface area contributed by atoms with Gasteiger partial charge in [0.05, 0.1) is 127 Å². The number of hydrogen-bond acceptors (Lipinski definition) is 31. The highest BCUT2D eigenvalue weighted by Crippen LogP contribution is 2.24. The van der Waals surface area contributed by atoms with Crippen LogP contribution in [-0.2, 0) is 65.9 Å². The summed E-state index contributed by atoms with van der Waals surface area (Å²) < 4.78 is 40.3. The third-order valence-electron chi connectivity index (χ3n) is 11.5. The Morgan fingerprint density at radius 2 is 0.954 bits per heavy atom. The number of hydrogen-bond donors (Lipinski definition) is 18. The number of ether oxygens (including phenoxy) is 7. The molecule has 512 valence electrons. The summed E-state index contributed by atoms with van der Waals surface area (Å²) in [6.07, 6.45) is -12.1. The van der Waals surface area contributed by atoms with E-state index >= 15 is 0 Å². The molecule has 3 aromatic rings. The lowest BCUT2D eigenvalue weighted by molar-refractivity contribution is -0.298. The zero-order valence-electron chi connectivity index (χ0n) is 52.1. The fourth-order valence-electron chi connectivity index (χ4n) is 7.25. The Balaban J connectivity index is 0.00000104. The first-order chi connectivity index (χ1) is 40.8. The lowest BCUT2D eigenvalue weighted by Crippen LogP contribution is -2.59. The van der Waals surface area contributed by atoms with Gasteiger partial charge in [0.25, 0.3) is 0 Å². The molecule has 0 radical (unpaired) electrons. The van der Waals surface area contributed by atoms with Gasteiger partial charge in [-0.1, -0.05) is 43.3 Å². The first kappa shape index (κ1) is 83.4. The van der Waals surface area contributed by atoms with E-state index in [9.17, 15) is 46.0 Å². The number of aliphatic hydroxyl groups is 18. The molecule has 3 aromatic heterocycles. The van der Waals surface area contributed by atoms with Gasteiger partial charge < -0.3 is 125 Å². The topological polar surface area (TPSA) is 521 Å². The molecule has 0 amide bonds. The molecule has 0 spiro atoms. The van der Waals surface area contributed by atoms with Crippen molar-refractivity contribution in [2.45, 2.75) is 238 Å². The van der Waals surface area contributed by atoms with E-state index in [1.54, 1.807) is 51.0 Å². The van der Waals surface area contributed by atoms with Gasteiger partial charge in [0.2, 0.25) is 0 Å². The Morgan fingerprint density at radius 1 is 0.483 bits per heavy atom. The number of aliphatic hydroxyl groups excluding tert-OH is 18. The normalized spacial score (nSPS) is 24.1. The van der Waals surface area contributed by atoms with Gasteiger partial charge in [-0.3, -0.25) is 4.68 Å². The molecule has 0 aliphatic carbocycles. The first-order valence-electron chi connectivity index (χ1n) is 28.7. The second kappa shape index (κ2) is 45.6. The van der Waals surface area contributed by atoms with Crippen LogP contribution in [-0.4, -0.2) is 306 Å². The molecule has 0 aromatic carbocycles. The van der Waals surface area contributed by atoms with Crippen LogP contribution in [0.5, 0.6) is 0 Å². The van der Waals surface area contributed by atoms with Crippen LogP contribution >= 0.6 is 0 Å². The molecule has 2 saturated heterocycles. The number of aromatic nitrogens is 9. The standard InChI is InChI=1S/C13H23N3O6.C9H17N3O3.C9H18O6.C8H15N3O2.C8H18O5.C6H14O3/c1-7(2)3-16-4-8(14-15-16)6-21-12-10(18)9(5-17)22-13(20)11(12)19;1-7(2)15-6-8-3-12(11-10-8)4-9(14)5-13;1-4(2)14-8-6(11)5(3-10)15-9(13)7(8)12;1-6(2)3-7-4-11(10-9-7)8(13)5-12;1-5(2)13-8(6(11)3-9)7(12)4-10;1-5(2)9-4-6(8)3-7/h4,7,9-13,17-20H,3,5-6H2,1-2H3;3,7,9,13-14H,4-6H2,1-2H3;4-13H,3H2,1-2H3;4,6,8,12-13H,3,5H2,1-2H3;5-12H,3-4H2,1-2H3;5-8H,3-4H2,1-2H3. The molecule has 87 heavy (non-hydrogen) atoms. The maximum Gasteiger partial charge on any atom is 0.184 e. The molecule has 2 aliphatic heterocycles. The smallest absolute Gasteiger partial charge is 0.184 e. The average molecular weight is 1270 g/mol. The largest absolute Gasteiger partial charge is 0.394 e. The summed E-state index contributed by atoms with van der Waals surface area (Å²) in [6.45, 7) is 21.7. The van der Waals surface area contributed by atoms with Crippen molar-refractivity contribution in [3.8, 4) is 0 Å². The van der Waals surface area contributed by atoms with Crippen LogP contribution in [0.4, 0.5) is 0 Å². The maximum absolute atomic E-state index is 10.00. The fraction of sp³-hybridized carbons (Fsp3) is 0.887. The van der Waals surface area contributed by atoms with Crippen molar-refractivity contribution in [1.29, 1.82) is 0 Å². The van der Waals surface area contributed by atoms with E-state index in [1.807, 2.05) is 27.7 Å². The zero-order chi connectivity index (χ0) is 66.7. The number of nitrogens with zero attached hydrogens (tertiary/aromatic N) is 9. The predicted octanol–water partition coefficient (Wildman–Crippen LogP) is -5.77. The molecule has 34 nitrogen and oxygen atoms in total. The summed E-state index contributed by atoms with van der Waals surface area (Å²) in [7, 11) is 0. The van der Waals surface area contributed by atoms with E-state index in [0.29, 0.717) is 29.8 Å². The van der Waals surface area contributed by atoms with Crippen LogP contribution in [0, 0.1) is 11.8 Å². The van der Waals surface area contributed by atoms with Crippen molar-refractivity contribution in [1.82, 2.24) is 45.0 Å². The molecule has 15 unspecified atom stereocenters. The predicted molar refractivity (Wildman–Crippen MR) is 304 cm³/mol. The van der Waals surface area contributed by atoms with Crippen LogP contribution in [0.2, 0.25) is 0 Å². The molecule has 5 heterocycles. The molecule has 5 rings (SSSR count). The first-order valence-corrected chi connectivity index (χ1v) is 28.7. The second-order valence-corrected chi connectivity index (χ2v) is 22.2. The highest BCUT2D eigenvalue weighted by atomic mass is 16.7. The molecular formula is C53H105N9O25. The molecule has 15 atom stereocenters. The van der Waals surface area contributed by atoms with E-state index in [-0.39, 0.29) is 64.0 Å². The SMILES string of the molecule is CC(C)Cc1cn(C(O)CO)nn1.CC(C)Cn1cc(COC2C(O)C(O)OC(CO)C2O)nn1.CC(C)OC(C(O)CO)C(O)CO.CC(C)OC1C(O)C(O)OC(CO)C1O.CC(C)OCC(O)CO.CC(C)OCc1cn(CC(O)CO)nn1. The molecule has 0 saturated carbocycles. The van der Waals surface area contributed by atoms with Gasteiger partial charge in [-0.15, -0.1) is 15.3 Å². The Kier molecular flexibility index (Phi) is 43.8. The number of rotatable bonds is 29. The summed E-state index contributed by atoms with van der Waals surface area (Å²) >= 11 is 0. The second-order valence-electron chi connectivity index (χ2n) is 22.2. The van der Waals surface area contributed by atoms with Crippen molar-refractivity contribution in [2.75, 3.05) is 52.9 Å². The summed E-state index contributed by atoms with van der Waals surface area (Å²) in [6, 6.07) is 0. The molecule has 0 bridgehead atoms. The highest BCUT2D eigenvalue weighted by molar-refractivity contribution is 4.95. The minimum absolute atomic E-state index is 0.0156. The quantitative estimate of drug-likeness (QED) is 0.0308. The Labute approximate surface area is 507 Å². The summed E-state index contributed by atoms with van der Waals surface area (Å²) in [5.74, 6) is 0.937. The Hall–Kier alpha value is -3.58. The van der Waals surface area contributed by atoms with Crippen molar-refractivity contribution < 1.29 is 125 Å². The third-order valence-corrected chi connectivity index (χ3v) is 11.5. The molecular weight excluding hydrogens is 1160 g/mol. The van der Waals surface area contributed by atoms with Gasteiger partial charge in [-0.2, -0.15) is 0 Å². The average Bonchev–Trinajstić information content (AvgIpc) is 4.38. The highest BCUT2D eigenvalue weighted by Gasteiger charge is 2.46. The lowest BCUT2D eigenvalue weighted by atomic mass is 9.99. The Morgan fingerprint density at radius 3 is 1.38 bits per heavy atom. The van der Waals surface area contributed by atoms with Crippen LogP contribution < -0.4 is 0 Å². The van der Waals surface area contributed by atoms with Crippen LogP contribution in [0.1, 0.15) is 106 Å². The van der Waals surface area contributed by atoms with Crippen molar-refractivity contribution in [2.24, 2.45) is 11.8 Å². The van der Waals surface area contributed by atoms with Crippen molar-refractivity contribution in [3.05, 3.63) is 35.7 Å². The van der Waals surface area contributed by atoms with Gasteiger partial charge in [0.1, 0.15) is 84.6 Å². The maximum atomic E-state index is 10.00. The Bertz CT molecular complexity index is 2100. The summed E-state index contributed by atoms with van der Waals surface area (Å²) in [5.41, 5.74) is 2.10. The van der Waals surface area contributed by atoms with Gasteiger partial charge in [-0.25, -0.2) is 9.36 Å². The molecule has 2 fully saturated rings. The van der Waals surface area contributed by atoms with Crippen LogP contribution in [0.15, 0.2) is 18.6 Å². The molecule has 34 heteroatoms. The van der Waals surface area contributed by atoms with E-state index in [0.717, 1.165) is 18.7 Å². The molecule has 18 N–H and O–H groups in total. The van der Waals surface area contributed by atoms with Gasteiger partial charge >= 0.3 is 0 Å². The van der Waals surface area contributed by atoms with E-state index in [1.165, 1.54) is 9.36 Å².